The van der Waals surface area contributed by atoms with Crippen LogP contribution in [0.5, 0.6) is 0 Å². The Balaban J connectivity index is 2.56. The maximum atomic E-state index is 8.77. The van der Waals surface area contributed by atoms with Gasteiger partial charge in [0.1, 0.15) is 12.2 Å². The first-order valence-electron chi connectivity index (χ1n) is 5.97. The molecule has 1 atom stereocenters. The van der Waals surface area contributed by atoms with E-state index in [-0.39, 0.29) is 5.92 Å². The van der Waals surface area contributed by atoms with Gasteiger partial charge in [-0.1, -0.05) is 13.8 Å². The van der Waals surface area contributed by atoms with Gasteiger partial charge in [-0.05, 0) is 19.9 Å². The van der Waals surface area contributed by atoms with E-state index in [1.54, 1.807) is 6.33 Å². The van der Waals surface area contributed by atoms with Crippen LogP contribution in [0, 0.1) is 23.2 Å². The fourth-order valence-corrected chi connectivity index (χ4v) is 1.72. The molecule has 0 N–H and O–H groups in total. The van der Waals surface area contributed by atoms with Crippen LogP contribution < -0.4 is 0 Å². The quantitative estimate of drug-likeness (QED) is 0.750. The van der Waals surface area contributed by atoms with Crippen LogP contribution in [0.4, 0.5) is 0 Å². The van der Waals surface area contributed by atoms with Crippen LogP contribution in [0.15, 0.2) is 6.33 Å². The topological polar surface area (TPSA) is 57.7 Å². The number of hydrogen-bond acceptors (Lipinski definition) is 4. The largest absolute Gasteiger partial charge is 0.298 e. The smallest absolute Gasteiger partial charge is 0.141 e. The van der Waals surface area contributed by atoms with Crippen molar-refractivity contribution in [1.29, 1.82) is 5.26 Å². The molecule has 1 heterocycles. The lowest BCUT2D eigenvalue weighted by molar-refractivity contribution is 0.286. The van der Waals surface area contributed by atoms with Gasteiger partial charge in [-0.3, -0.25) is 4.90 Å². The summed E-state index contributed by atoms with van der Waals surface area (Å²) in [7, 11) is 2.00. The zero-order valence-electron chi connectivity index (χ0n) is 11.1. The molecule has 0 spiro atoms. The molecule has 94 valence electrons. The highest BCUT2D eigenvalue weighted by atomic mass is 15.3. The van der Waals surface area contributed by atoms with E-state index >= 15 is 0 Å². The van der Waals surface area contributed by atoms with Crippen molar-refractivity contribution in [1.82, 2.24) is 19.7 Å². The molecule has 0 radical (unpaired) electrons. The minimum absolute atomic E-state index is 0.0430. The predicted octanol–water partition coefficient (Wildman–Crippen LogP) is 1.53. The van der Waals surface area contributed by atoms with Gasteiger partial charge >= 0.3 is 0 Å². The minimum atomic E-state index is 0.0430. The monoisotopic (exact) mass is 235 g/mol. The Morgan fingerprint density at radius 2 is 2.18 bits per heavy atom. The molecule has 1 aromatic heterocycles. The highest BCUT2D eigenvalue weighted by molar-refractivity contribution is 4.87. The summed E-state index contributed by atoms with van der Waals surface area (Å²) in [6, 6.07) is 2.24. The van der Waals surface area contributed by atoms with Gasteiger partial charge in [0.15, 0.2) is 0 Å². The summed E-state index contributed by atoms with van der Waals surface area (Å²) in [5, 5.41) is 13.0. The van der Waals surface area contributed by atoms with Crippen molar-refractivity contribution >= 4 is 0 Å². The Morgan fingerprint density at radius 1 is 1.47 bits per heavy atom. The maximum Gasteiger partial charge on any atom is 0.141 e. The molecular weight excluding hydrogens is 214 g/mol. The highest BCUT2D eigenvalue weighted by Crippen LogP contribution is 2.05. The van der Waals surface area contributed by atoms with E-state index in [1.807, 2.05) is 18.7 Å². The Hall–Kier alpha value is -1.41. The second-order valence-corrected chi connectivity index (χ2v) is 4.98. The Labute approximate surface area is 103 Å². The van der Waals surface area contributed by atoms with E-state index in [0.29, 0.717) is 5.92 Å². The van der Waals surface area contributed by atoms with Gasteiger partial charge in [0.25, 0.3) is 0 Å². The average molecular weight is 235 g/mol. The molecule has 0 aromatic carbocycles. The normalized spacial score (nSPS) is 13.0. The second kappa shape index (κ2) is 6.36. The number of hydrogen-bond donors (Lipinski definition) is 0. The third kappa shape index (κ3) is 4.53. The van der Waals surface area contributed by atoms with Crippen LogP contribution in [-0.4, -0.2) is 33.3 Å². The molecule has 1 rings (SSSR count). The summed E-state index contributed by atoms with van der Waals surface area (Å²) < 4.78 is 1.94. The Bertz CT molecular complexity index is 376. The summed E-state index contributed by atoms with van der Waals surface area (Å²) in [4.78, 5) is 6.38. The lowest BCUT2D eigenvalue weighted by Gasteiger charge is -2.18. The van der Waals surface area contributed by atoms with E-state index < -0.39 is 0 Å². The van der Waals surface area contributed by atoms with Crippen LogP contribution in [0.2, 0.25) is 0 Å². The van der Waals surface area contributed by atoms with Gasteiger partial charge in [0.2, 0.25) is 0 Å². The minimum Gasteiger partial charge on any atom is -0.298 e. The zero-order chi connectivity index (χ0) is 12.8. The van der Waals surface area contributed by atoms with E-state index in [4.69, 9.17) is 5.26 Å². The summed E-state index contributed by atoms with van der Waals surface area (Å²) >= 11 is 0. The van der Waals surface area contributed by atoms with E-state index in [2.05, 4.69) is 34.9 Å². The molecule has 0 fully saturated rings. The molecule has 1 aromatic rings. The number of rotatable bonds is 6. The number of nitriles is 1. The fraction of sp³-hybridized carbons (Fsp3) is 0.750. The third-order valence-electron chi connectivity index (χ3n) is 2.45. The highest BCUT2D eigenvalue weighted by Gasteiger charge is 2.11. The van der Waals surface area contributed by atoms with Crippen molar-refractivity contribution in [2.45, 2.75) is 33.9 Å². The van der Waals surface area contributed by atoms with Gasteiger partial charge in [0, 0.05) is 13.1 Å². The van der Waals surface area contributed by atoms with Gasteiger partial charge in [-0.15, -0.1) is 0 Å². The zero-order valence-corrected chi connectivity index (χ0v) is 11.1. The molecule has 17 heavy (non-hydrogen) atoms. The van der Waals surface area contributed by atoms with E-state index in [0.717, 1.165) is 25.5 Å². The van der Waals surface area contributed by atoms with Crippen molar-refractivity contribution < 1.29 is 0 Å². The van der Waals surface area contributed by atoms with Gasteiger partial charge in [-0.25, -0.2) is 9.67 Å². The van der Waals surface area contributed by atoms with Crippen molar-refractivity contribution in [3.8, 4) is 6.07 Å². The van der Waals surface area contributed by atoms with E-state index in [1.165, 1.54) is 0 Å². The first-order chi connectivity index (χ1) is 8.02. The Morgan fingerprint density at radius 3 is 2.76 bits per heavy atom. The second-order valence-electron chi connectivity index (χ2n) is 4.98. The Kier molecular flexibility index (Phi) is 5.11. The van der Waals surface area contributed by atoms with Crippen LogP contribution in [0.25, 0.3) is 0 Å². The van der Waals surface area contributed by atoms with Crippen molar-refractivity contribution in [3.05, 3.63) is 12.2 Å². The first kappa shape index (κ1) is 13.7. The van der Waals surface area contributed by atoms with Crippen LogP contribution in [-0.2, 0) is 13.1 Å². The van der Waals surface area contributed by atoms with Crippen LogP contribution >= 0.6 is 0 Å². The number of nitrogens with zero attached hydrogens (tertiary/aromatic N) is 5. The van der Waals surface area contributed by atoms with Crippen molar-refractivity contribution in [3.63, 3.8) is 0 Å². The molecule has 0 bridgehead atoms. The molecule has 5 nitrogen and oxygen atoms in total. The van der Waals surface area contributed by atoms with Crippen LogP contribution in [0.3, 0.4) is 0 Å². The van der Waals surface area contributed by atoms with Crippen molar-refractivity contribution in [2.75, 3.05) is 13.6 Å². The first-order valence-corrected chi connectivity index (χ1v) is 5.97. The molecule has 1 unspecified atom stereocenters. The molecule has 0 saturated carbocycles. The molecule has 0 saturated heterocycles. The lowest BCUT2D eigenvalue weighted by Crippen LogP contribution is -2.25. The summed E-state index contributed by atoms with van der Waals surface area (Å²) in [6.45, 7) is 8.62. The van der Waals surface area contributed by atoms with E-state index in [9.17, 15) is 0 Å². The summed E-state index contributed by atoms with van der Waals surface area (Å²) in [6.07, 6.45) is 1.60. The SMILES string of the molecule is CC(C)Cn1ncnc1CN(C)CC(C)C#N. The summed E-state index contributed by atoms with van der Waals surface area (Å²) in [5.41, 5.74) is 0. The average Bonchev–Trinajstić information content (AvgIpc) is 2.64. The molecular formula is C12H21N5. The number of aromatic nitrogens is 3. The lowest BCUT2D eigenvalue weighted by atomic mass is 10.2. The third-order valence-corrected chi connectivity index (χ3v) is 2.45. The molecule has 0 aliphatic heterocycles. The van der Waals surface area contributed by atoms with Crippen molar-refractivity contribution in [2.24, 2.45) is 11.8 Å². The summed E-state index contributed by atoms with van der Waals surface area (Å²) in [5.74, 6) is 1.56. The molecule has 0 aliphatic carbocycles. The standard InChI is InChI=1S/C12H21N5/c1-10(2)6-17-12(14-9-15-17)8-16(4)7-11(3)5-13/h9-11H,6-8H2,1-4H3. The fourth-order valence-electron chi connectivity index (χ4n) is 1.72. The molecule has 5 heteroatoms. The van der Waals surface area contributed by atoms with Gasteiger partial charge in [0.05, 0.1) is 18.5 Å². The van der Waals surface area contributed by atoms with Gasteiger partial charge in [-0.2, -0.15) is 10.4 Å². The maximum absolute atomic E-state index is 8.77. The molecule has 0 amide bonds. The molecule has 0 aliphatic rings. The van der Waals surface area contributed by atoms with Gasteiger partial charge < -0.3 is 0 Å². The van der Waals surface area contributed by atoms with Crippen LogP contribution in [0.1, 0.15) is 26.6 Å². The predicted molar refractivity (Wildman–Crippen MR) is 66.0 cm³/mol.